The van der Waals surface area contributed by atoms with E-state index in [1.165, 1.54) is 0 Å². The molecule has 0 fully saturated rings. The maximum Gasteiger partial charge on any atom is 0.231 e. The summed E-state index contributed by atoms with van der Waals surface area (Å²) in [5.74, 6) is 2.06. The fraction of sp³-hybridized carbons (Fsp3) is 0.160. The first-order valence-corrected chi connectivity index (χ1v) is 11.9. The lowest BCUT2D eigenvalue weighted by molar-refractivity contribution is 0.174. The number of ether oxygens (including phenoxy) is 5. The quantitative estimate of drug-likeness (QED) is 0.382. The van der Waals surface area contributed by atoms with Crippen molar-refractivity contribution in [3.8, 4) is 34.8 Å². The summed E-state index contributed by atoms with van der Waals surface area (Å²) in [5.41, 5.74) is 8.63. The van der Waals surface area contributed by atoms with Crippen LogP contribution in [-0.2, 0) is 6.61 Å². The first-order valence-electron chi connectivity index (χ1n) is 10.3. The van der Waals surface area contributed by atoms with Gasteiger partial charge >= 0.3 is 0 Å². The molecule has 2 aliphatic rings. The molecule has 0 aromatic heterocycles. The highest BCUT2D eigenvalue weighted by molar-refractivity contribution is 9.10. The van der Waals surface area contributed by atoms with E-state index in [-0.39, 0.29) is 24.9 Å². The zero-order valence-corrected chi connectivity index (χ0v) is 21.3. The highest BCUT2D eigenvalue weighted by Gasteiger charge is 2.34. The number of nitrogens with zero attached hydrogens (tertiary/aromatic N) is 1. The summed E-state index contributed by atoms with van der Waals surface area (Å²) in [5, 5.41) is 10.9. The SMILES string of the molecule is COc1cc([C@@H]2C(C#N)=C(N)Oc3cc4c(cc32)OCO4)cc(Br)c1OCc1ccc(Cl)cc1Cl. The van der Waals surface area contributed by atoms with E-state index in [1.807, 2.05) is 6.07 Å². The molecule has 7 nitrogen and oxygen atoms in total. The fourth-order valence-corrected chi connectivity index (χ4v) is 5.06. The van der Waals surface area contributed by atoms with Gasteiger partial charge in [0.05, 0.1) is 17.5 Å². The number of methoxy groups -OCH3 is 1. The average Bonchev–Trinajstić information content (AvgIpc) is 3.29. The summed E-state index contributed by atoms with van der Waals surface area (Å²) in [7, 11) is 1.54. The van der Waals surface area contributed by atoms with Gasteiger partial charge in [0.15, 0.2) is 23.0 Å². The summed E-state index contributed by atoms with van der Waals surface area (Å²) in [6, 6.07) is 14.6. The second-order valence-electron chi connectivity index (χ2n) is 7.73. The van der Waals surface area contributed by atoms with Crippen molar-refractivity contribution >= 4 is 39.1 Å². The summed E-state index contributed by atoms with van der Waals surface area (Å²) in [6.07, 6.45) is 0. The van der Waals surface area contributed by atoms with Crippen LogP contribution in [0.5, 0.6) is 28.7 Å². The number of benzene rings is 3. The molecule has 0 aliphatic carbocycles. The fourth-order valence-electron chi connectivity index (χ4n) is 4.03. The van der Waals surface area contributed by atoms with E-state index in [1.54, 1.807) is 43.5 Å². The molecule has 2 N–H and O–H groups in total. The zero-order chi connectivity index (χ0) is 24.7. The van der Waals surface area contributed by atoms with Crippen LogP contribution in [0, 0.1) is 11.3 Å². The van der Waals surface area contributed by atoms with Crippen LogP contribution in [0.15, 0.2) is 58.4 Å². The van der Waals surface area contributed by atoms with E-state index in [4.69, 9.17) is 52.6 Å². The van der Waals surface area contributed by atoms with E-state index in [9.17, 15) is 5.26 Å². The lowest BCUT2D eigenvalue weighted by Gasteiger charge is -2.27. The molecule has 3 aromatic rings. The zero-order valence-electron chi connectivity index (χ0n) is 18.2. The van der Waals surface area contributed by atoms with Gasteiger partial charge in [0, 0.05) is 27.2 Å². The Kier molecular flexibility index (Phi) is 6.32. The second-order valence-corrected chi connectivity index (χ2v) is 9.42. The molecular formula is C25H17BrCl2N2O5. The molecule has 0 bridgehead atoms. The van der Waals surface area contributed by atoms with E-state index in [2.05, 4.69) is 22.0 Å². The Balaban J connectivity index is 1.55. The molecule has 35 heavy (non-hydrogen) atoms. The molecular weight excluding hydrogens is 559 g/mol. The second kappa shape index (κ2) is 9.42. The molecule has 0 unspecified atom stereocenters. The Morgan fingerprint density at radius 2 is 1.89 bits per heavy atom. The van der Waals surface area contributed by atoms with Gasteiger partial charge in [-0.25, -0.2) is 0 Å². The number of nitrogens with two attached hydrogens (primary N) is 1. The molecule has 2 aliphatic heterocycles. The van der Waals surface area contributed by atoms with Crippen LogP contribution >= 0.6 is 39.1 Å². The summed E-state index contributed by atoms with van der Waals surface area (Å²) in [6.45, 7) is 0.310. The average molecular weight is 576 g/mol. The van der Waals surface area contributed by atoms with Gasteiger partial charge in [0.1, 0.15) is 24.0 Å². The first kappa shape index (κ1) is 23.5. The van der Waals surface area contributed by atoms with Crippen LogP contribution in [-0.4, -0.2) is 13.9 Å². The Morgan fingerprint density at radius 3 is 2.60 bits per heavy atom. The summed E-state index contributed by atoms with van der Waals surface area (Å²) in [4.78, 5) is 0. The maximum absolute atomic E-state index is 9.90. The van der Waals surface area contributed by atoms with Crippen molar-refractivity contribution in [2.75, 3.05) is 13.9 Å². The minimum absolute atomic E-state index is 0.0247. The number of nitriles is 1. The Bertz CT molecular complexity index is 1420. The molecule has 0 saturated heterocycles. The third-order valence-electron chi connectivity index (χ3n) is 5.68. The normalized spacial score (nSPS) is 15.8. The summed E-state index contributed by atoms with van der Waals surface area (Å²) >= 11 is 15.9. The van der Waals surface area contributed by atoms with E-state index < -0.39 is 5.92 Å². The van der Waals surface area contributed by atoms with Crippen molar-refractivity contribution in [2.45, 2.75) is 12.5 Å². The predicted octanol–water partition coefficient (Wildman–Crippen LogP) is 6.29. The molecule has 178 valence electrons. The molecule has 3 aromatic carbocycles. The van der Waals surface area contributed by atoms with Gasteiger partial charge in [-0.2, -0.15) is 5.26 Å². The topological polar surface area (TPSA) is 96.0 Å². The largest absolute Gasteiger partial charge is 0.493 e. The standard InChI is InChI=1S/C25H17BrCl2N2O5/c1-31-22-5-13(4-17(26)24(22)32-10-12-2-3-14(27)6-18(12)28)23-15-7-20-21(34-11-33-20)8-19(15)35-25(30)16(23)9-29/h2-8,23H,10-11,30H2,1H3/t23-/m0/s1. The number of fused-ring (bicyclic) bond motifs is 2. The smallest absolute Gasteiger partial charge is 0.231 e. The minimum Gasteiger partial charge on any atom is -0.493 e. The molecule has 1 atom stereocenters. The Hall–Kier alpha value is -3.25. The first-order chi connectivity index (χ1) is 16.9. The molecule has 0 saturated carbocycles. The minimum atomic E-state index is -0.525. The van der Waals surface area contributed by atoms with E-state index >= 15 is 0 Å². The van der Waals surface area contributed by atoms with Crippen LogP contribution in [0.1, 0.15) is 22.6 Å². The third kappa shape index (κ3) is 4.31. The number of hydrogen-bond acceptors (Lipinski definition) is 7. The van der Waals surface area contributed by atoms with Gasteiger partial charge in [-0.1, -0.05) is 29.3 Å². The van der Waals surface area contributed by atoms with Crippen LogP contribution in [0.3, 0.4) is 0 Å². The molecule has 0 spiro atoms. The Morgan fingerprint density at radius 1 is 1.11 bits per heavy atom. The monoisotopic (exact) mass is 574 g/mol. The van der Waals surface area contributed by atoms with E-state index in [0.717, 1.165) is 16.7 Å². The lowest BCUT2D eigenvalue weighted by Crippen LogP contribution is -2.21. The van der Waals surface area contributed by atoms with Gasteiger partial charge in [-0.05, 0) is 51.8 Å². The van der Waals surface area contributed by atoms with Crippen molar-refractivity contribution in [1.29, 1.82) is 5.26 Å². The lowest BCUT2D eigenvalue weighted by atomic mass is 9.83. The van der Waals surface area contributed by atoms with Crippen molar-refractivity contribution in [3.05, 3.63) is 85.1 Å². The van der Waals surface area contributed by atoms with Gasteiger partial charge < -0.3 is 29.4 Å². The third-order valence-corrected chi connectivity index (χ3v) is 6.86. The van der Waals surface area contributed by atoms with Crippen LogP contribution in [0.25, 0.3) is 0 Å². The molecule has 2 heterocycles. The number of allylic oxidation sites excluding steroid dienone is 1. The number of halogens is 3. The van der Waals surface area contributed by atoms with Crippen molar-refractivity contribution < 1.29 is 23.7 Å². The number of rotatable bonds is 5. The maximum atomic E-state index is 9.90. The molecule has 0 amide bonds. The highest BCUT2D eigenvalue weighted by atomic mass is 79.9. The van der Waals surface area contributed by atoms with E-state index in [0.29, 0.717) is 43.3 Å². The van der Waals surface area contributed by atoms with Crippen molar-refractivity contribution in [3.63, 3.8) is 0 Å². The molecule has 0 radical (unpaired) electrons. The van der Waals surface area contributed by atoms with Crippen molar-refractivity contribution in [1.82, 2.24) is 0 Å². The van der Waals surface area contributed by atoms with Crippen LogP contribution in [0.2, 0.25) is 10.0 Å². The Labute approximate surface area is 219 Å². The van der Waals surface area contributed by atoms with Crippen LogP contribution < -0.4 is 29.4 Å². The van der Waals surface area contributed by atoms with Gasteiger partial charge in [0.2, 0.25) is 12.7 Å². The van der Waals surface area contributed by atoms with Crippen molar-refractivity contribution in [2.24, 2.45) is 5.73 Å². The highest BCUT2D eigenvalue weighted by Crippen LogP contribution is 2.50. The molecule has 10 heteroatoms. The summed E-state index contributed by atoms with van der Waals surface area (Å²) < 4.78 is 29.1. The number of hydrogen-bond donors (Lipinski definition) is 1. The van der Waals surface area contributed by atoms with Gasteiger partial charge in [-0.15, -0.1) is 0 Å². The van der Waals surface area contributed by atoms with Crippen LogP contribution in [0.4, 0.5) is 0 Å². The van der Waals surface area contributed by atoms with Gasteiger partial charge in [0.25, 0.3) is 0 Å². The predicted molar refractivity (Wildman–Crippen MR) is 133 cm³/mol. The van der Waals surface area contributed by atoms with Gasteiger partial charge in [-0.3, -0.25) is 0 Å². The molecule has 5 rings (SSSR count).